The first-order chi connectivity index (χ1) is 8.32. The molecule has 18 heavy (non-hydrogen) atoms. The molecule has 1 aliphatic heterocycles. The first-order valence-electron chi connectivity index (χ1n) is 7.36. The molecule has 3 heteroatoms. The van der Waals surface area contributed by atoms with Crippen LogP contribution in [0.15, 0.2) is 11.5 Å². The number of allylic oxidation sites excluding steroid dienone is 2. The van der Waals surface area contributed by atoms with E-state index in [9.17, 15) is 0 Å². The van der Waals surface area contributed by atoms with Crippen molar-refractivity contribution < 1.29 is 9.31 Å². The Morgan fingerprint density at radius 3 is 2.00 bits per heavy atom. The molecule has 1 saturated carbocycles. The van der Waals surface area contributed by atoms with Gasteiger partial charge in [-0.1, -0.05) is 25.3 Å². The maximum atomic E-state index is 6.08. The van der Waals surface area contributed by atoms with Gasteiger partial charge in [0.15, 0.2) is 0 Å². The van der Waals surface area contributed by atoms with Gasteiger partial charge >= 0.3 is 7.12 Å². The summed E-state index contributed by atoms with van der Waals surface area (Å²) in [6.07, 6.45) is 9.20. The van der Waals surface area contributed by atoms with Crippen molar-refractivity contribution in [3.63, 3.8) is 0 Å². The van der Waals surface area contributed by atoms with E-state index < -0.39 is 0 Å². The Morgan fingerprint density at radius 2 is 1.50 bits per heavy atom. The molecular weight excluding hydrogens is 223 g/mol. The Labute approximate surface area is 112 Å². The first kappa shape index (κ1) is 14.1. The third kappa shape index (κ3) is 2.83. The molecule has 0 bridgehead atoms. The molecule has 0 aromatic rings. The molecule has 0 spiro atoms. The summed E-state index contributed by atoms with van der Waals surface area (Å²) in [5, 5.41) is 0. The van der Waals surface area contributed by atoms with E-state index in [-0.39, 0.29) is 18.3 Å². The number of hydrogen-bond donors (Lipinski definition) is 0. The van der Waals surface area contributed by atoms with Crippen LogP contribution in [-0.2, 0) is 9.31 Å². The molecule has 0 aromatic heterocycles. The SMILES string of the molecule is C/C(=C\C1CCCCC1)B1OC(C)(C)C(C)(C)O1. The Morgan fingerprint density at radius 1 is 1.00 bits per heavy atom. The lowest BCUT2D eigenvalue weighted by Gasteiger charge is -2.32. The van der Waals surface area contributed by atoms with Crippen LogP contribution in [0.25, 0.3) is 0 Å². The van der Waals surface area contributed by atoms with E-state index in [1.807, 2.05) is 0 Å². The van der Waals surface area contributed by atoms with Gasteiger partial charge in [0, 0.05) is 0 Å². The van der Waals surface area contributed by atoms with Crippen LogP contribution in [0.2, 0.25) is 0 Å². The molecule has 0 unspecified atom stereocenters. The fourth-order valence-electron chi connectivity index (χ4n) is 2.78. The predicted molar refractivity (Wildman–Crippen MR) is 76.4 cm³/mol. The minimum atomic E-state index is -0.223. The van der Waals surface area contributed by atoms with Crippen LogP contribution < -0.4 is 0 Å². The van der Waals surface area contributed by atoms with Crippen molar-refractivity contribution in [2.45, 2.75) is 77.9 Å². The molecule has 0 amide bonds. The second-order valence-electron chi connectivity index (χ2n) is 6.90. The molecule has 1 saturated heterocycles. The lowest BCUT2D eigenvalue weighted by molar-refractivity contribution is 0.00578. The van der Waals surface area contributed by atoms with Crippen molar-refractivity contribution in [3.8, 4) is 0 Å². The predicted octanol–water partition coefficient (Wildman–Crippen LogP) is 4.14. The molecule has 2 fully saturated rings. The number of rotatable bonds is 2. The van der Waals surface area contributed by atoms with Crippen molar-refractivity contribution in [1.29, 1.82) is 0 Å². The molecule has 1 aliphatic carbocycles. The average Bonchev–Trinajstić information content (AvgIpc) is 2.50. The normalized spacial score (nSPS) is 28.7. The van der Waals surface area contributed by atoms with Gasteiger partial charge in [-0.3, -0.25) is 0 Å². The summed E-state index contributed by atoms with van der Waals surface area (Å²) in [5.41, 5.74) is 0.805. The highest BCUT2D eigenvalue weighted by molar-refractivity contribution is 6.54. The van der Waals surface area contributed by atoms with Gasteiger partial charge in [0.1, 0.15) is 0 Å². The van der Waals surface area contributed by atoms with Crippen LogP contribution in [0.4, 0.5) is 0 Å². The molecule has 0 radical (unpaired) electrons. The van der Waals surface area contributed by atoms with Crippen molar-refractivity contribution in [2.24, 2.45) is 5.92 Å². The van der Waals surface area contributed by atoms with E-state index >= 15 is 0 Å². The molecule has 2 rings (SSSR count). The van der Waals surface area contributed by atoms with Crippen LogP contribution in [0.5, 0.6) is 0 Å². The Bertz CT molecular complexity index is 311. The minimum absolute atomic E-state index is 0.156. The summed E-state index contributed by atoms with van der Waals surface area (Å²) in [7, 11) is -0.156. The van der Waals surface area contributed by atoms with Gasteiger partial charge in [-0.05, 0) is 58.9 Å². The van der Waals surface area contributed by atoms with Gasteiger partial charge in [-0.15, -0.1) is 0 Å². The highest BCUT2D eigenvalue weighted by atomic mass is 16.7. The Balaban J connectivity index is 2.02. The van der Waals surface area contributed by atoms with E-state index in [0.29, 0.717) is 0 Å². The molecule has 0 atom stereocenters. The van der Waals surface area contributed by atoms with Crippen LogP contribution >= 0.6 is 0 Å². The highest BCUT2D eigenvalue weighted by Gasteiger charge is 2.51. The van der Waals surface area contributed by atoms with E-state index in [1.165, 1.54) is 37.6 Å². The zero-order valence-corrected chi connectivity index (χ0v) is 12.6. The van der Waals surface area contributed by atoms with Gasteiger partial charge in [0.2, 0.25) is 0 Å². The van der Waals surface area contributed by atoms with Gasteiger partial charge in [0.25, 0.3) is 0 Å². The Hall–Kier alpha value is -0.275. The van der Waals surface area contributed by atoms with E-state index in [1.54, 1.807) is 0 Å². The molecule has 2 nitrogen and oxygen atoms in total. The van der Waals surface area contributed by atoms with Gasteiger partial charge in [0.05, 0.1) is 11.2 Å². The largest absolute Gasteiger partial charge is 0.489 e. The second-order valence-corrected chi connectivity index (χ2v) is 6.90. The standard InChI is InChI=1S/C15H27BO2/c1-12(11-13-9-7-6-8-10-13)16-17-14(2,3)15(4,5)18-16/h11,13H,6-10H2,1-5H3/b12-11+. The van der Waals surface area contributed by atoms with Crippen molar-refractivity contribution >= 4 is 7.12 Å². The molecule has 0 aromatic carbocycles. The van der Waals surface area contributed by atoms with Crippen molar-refractivity contribution in [3.05, 3.63) is 11.5 Å². The summed E-state index contributed by atoms with van der Waals surface area (Å²) < 4.78 is 12.2. The van der Waals surface area contributed by atoms with E-state index in [2.05, 4.69) is 40.7 Å². The first-order valence-corrected chi connectivity index (χ1v) is 7.36. The molecule has 2 aliphatic rings. The molecule has 1 heterocycles. The fourth-order valence-corrected chi connectivity index (χ4v) is 2.78. The topological polar surface area (TPSA) is 18.5 Å². The second kappa shape index (κ2) is 5.01. The van der Waals surface area contributed by atoms with Gasteiger partial charge in [-0.25, -0.2) is 0 Å². The lowest BCUT2D eigenvalue weighted by Crippen LogP contribution is -2.41. The lowest BCUT2D eigenvalue weighted by atomic mass is 9.75. The van der Waals surface area contributed by atoms with Crippen molar-refractivity contribution in [2.75, 3.05) is 0 Å². The molecular formula is C15H27BO2. The highest BCUT2D eigenvalue weighted by Crippen LogP contribution is 2.39. The minimum Gasteiger partial charge on any atom is -0.400 e. The van der Waals surface area contributed by atoms with Crippen molar-refractivity contribution in [1.82, 2.24) is 0 Å². The third-order valence-corrected chi connectivity index (χ3v) is 4.77. The average molecular weight is 250 g/mol. The molecule has 0 N–H and O–H groups in total. The maximum Gasteiger partial charge on any atom is 0.489 e. The summed E-state index contributed by atoms with van der Waals surface area (Å²) in [4.78, 5) is 0. The zero-order chi connectivity index (χ0) is 13.4. The summed E-state index contributed by atoms with van der Waals surface area (Å²) in [5.74, 6) is 0.734. The van der Waals surface area contributed by atoms with Crippen LogP contribution in [0.1, 0.15) is 66.7 Å². The smallest absolute Gasteiger partial charge is 0.400 e. The van der Waals surface area contributed by atoms with Gasteiger partial charge < -0.3 is 9.31 Å². The summed E-state index contributed by atoms with van der Waals surface area (Å²) in [6, 6.07) is 0. The monoisotopic (exact) mass is 250 g/mol. The van der Waals surface area contributed by atoms with E-state index in [0.717, 1.165) is 5.92 Å². The third-order valence-electron chi connectivity index (χ3n) is 4.77. The fraction of sp³-hybridized carbons (Fsp3) is 0.867. The van der Waals surface area contributed by atoms with Crippen LogP contribution in [-0.4, -0.2) is 18.3 Å². The quantitative estimate of drug-likeness (QED) is 0.685. The Kier molecular flexibility index (Phi) is 3.94. The zero-order valence-electron chi connectivity index (χ0n) is 12.6. The summed E-state index contributed by atoms with van der Waals surface area (Å²) in [6.45, 7) is 10.6. The number of hydrogen-bond acceptors (Lipinski definition) is 2. The van der Waals surface area contributed by atoms with Crippen LogP contribution in [0, 0.1) is 5.92 Å². The van der Waals surface area contributed by atoms with E-state index in [4.69, 9.17) is 9.31 Å². The maximum absolute atomic E-state index is 6.08. The van der Waals surface area contributed by atoms with Crippen LogP contribution in [0.3, 0.4) is 0 Å². The molecule has 102 valence electrons. The summed E-state index contributed by atoms with van der Waals surface area (Å²) >= 11 is 0. The van der Waals surface area contributed by atoms with Gasteiger partial charge in [-0.2, -0.15) is 0 Å².